The lowest BCUT2D eigenvalue weighted by Crippen LogP contribution is -1.95. The molecule has 0 N–H and O–H groups in total. The highest BCUT2D eigenvalue weighted by Crippen LogP contribution is 2.40. The molecule has 0 aliphatic rings. The molecule has 8 aromatic rings. The minimum atomic E-state index is 0.740. The van der Waals surface area contributed by atoms with E-state index in [9.17, 15) is 0 Å². The number of thiophene rings is 1. The van der Waals surface area contributed by atoms with Gasteiger partial charge in [-0.1, -0.05) is 176 Å². The van der Waals surface area contributed by atoms with E-state index in [-0.39, 0.29) is 0 Å². The predicted octanol–water partition coefficient (Wildman–Crippen LogP) is 17.2. The molecule has 0 saturated heterocycles. The number of aromatic nitrogens is 2. The molecule has 8 rings (SSSR count). The van der Waals surface area contributed by atoms with Crippen LogP contribution < -0.4 is 0 Å². The minimum Gasteiger partial charge on any atom is -0.456 e. The molecule has 3 aromatic heterocycles. The van der Waals surface area contributed by atoms with Gasteiger partial charge in [0.1, 0.15) is 17.0 Å². The van der Waals surface area contributed by atoms with Crippen molar-refractivity contribution in [3.63, 3.8) is 0 Å². The molecule has 4 heteroatoms. The van der Waals surface area contributed by atoms with E-state index in [1.54, 1.807) is 0 Å². The van der Waals surface area contributed by atoms with Gasteiger partial charge < -0.3 is 4.42 Å². The lowest BCUT2D eigenvalue weighted by molar-refractivity contribution is 0.669. The largest absolute Gasteiger partial charge is 0.456 e. The molecule has 0 spiro atoms. The van der Waals surface area contributed by atoms with Gasteiger partial charge >= 0.3 is 0 Å². The van der Waals surface area contributed by atoms with Gasteiger partial charge in [0.15, 0.2) is 0 Å². The molecular formula is C49H64N2OS. The Hall–Kier alpha value is -4.80. The van der Waals surface area contributed by atoms with Crippen LogP contribution in [0.2, 0.25) is 0 Å². The van der Waals surface area contributed by atoms with E-state index >= 15 is 0 Å². The van der Waals surface area contributed by atoms with Gasteiger partial charge in [0.05, 0.1) is 11.4 Å². The summed E-state index contributed by atoms with van der Waals surface area (Å²) >= 11 is 1.85. The topological polar surface area (TPSA) is 38.9 Å². The predicted molar refractivity (Wildman–Crippen MR) is 243 cm³/mol. The van der Waals surface area contributed by atoms with Crippen molar-refractivity contribution in [2.24, 2.45) is 0 Å². The number of fused-ring (bicyclic) bond motifs is 6. The Bertz CT molecular complexity index is 2210. The quantitative estimate of drug-likeness (QED) is 0.182. The van der Waals surface area contributed by atoms with E-state index in [0.29, 0.717) is 0 Å². The molecule has 53 heavy (non-hydrogen) atoms. The maximum Gasteiger partial charge on any atom is 0.136 e. The van der Waals surface area contributed by atoms with E-state index in [4.69, 9.17) is 14.4 Å². The first-order valence-corrected chi connectivity index (χ1v) is 20.8. The van der Waals surface area contributed by atoms with Gasteiger partial charge in [0.2, 0.25) is 0 Å². The molecule has 0 unspecified atom stereocenters. The summed E-state index contributed by atoms with van der Waals surface area (Å²) in [5.41, 5.74) is 8.08. The lowest BCUT2D eigenvalue weighted by atomic mass is 9.99. The second kappa shape index (κ2) is 25.2. The summed E-state index contributed by atoms with van der Waals surface area (Å²) in [5, 5.41) is 4.86. The Kier molecular flexibility index (Phi) is 22.0. The normalized spacial score (nSPS) is 9.42. The molecule has 0 fully saturated rings. The smallest absolute Gasteiger partial charge is 0.136 e. The Morgan fingerprint density at radius 2 is 0.925 bits per heavy atom. The highest BCUT2D eigenvalue weighted by atomic mass is 32.1. The highest BCUT2D eigenvalue weighted by Gasteiger charge is 2.13. The van der Waals surface area contributed by atoms with Crippen LogP contribution in [0.5, 0.6) is 0 Å². The van der Waals surface area contributed by atoms with Crippen molar-refractivity contribution in [2.75, 3.05) is 0 Å². The Morgan fingerprint density at radius 1 is 0.415 bits per heavy atom. The first kappa shape index (κ1) is 46.2. The summed E-state index contributed by atoms with van der Waals surface area (Å²) in [6.45, 7) is 30.0. The van der Waals surface area contributed by atoms with Gasteiger partial charge in [-0.15, -0.1) is 11.3 Å². The van der Waals surface area contributed by atoms with Crippen molar-refractivity contribution >= 4 is 53.4 Å². The third-order valence-corrected chi connectivity index (χ3v) is 8.61. The van der Waals surface area contributed by atoms with Crippen LogP contribution in [-0.4, -0.2) is 9.97 Å². The number of hydrogen-bond acceptors (Lipinski definition) is 4. The molecule has 282 valence electrons. The van der Waals surface area contributed by atoms with Crippen LogP contribution in [0.15, 0.2) is 120 Å². The zero-order chi connectivity index (χ0) is 39.9. The van der Waals surface area contributed by atoms with Gasteiger partial charge in [-0.3, -0.25) is 0 Å². The van der Waals surface area contributed by atoms with E-state index in [0.717, 1.165) is 50.3 Å². The second-order valence-electron chi connectivity index (χ2n) is 9.86. The number of aryl methyl sites for hydroxylation is 1. The van der Waals surface area contributed by atoms with Crippen molar-refractivity contribution in [3.05, 3.63) is 121 Å². The fraction of sp³-hybridized carbons (Fsp3) is 0.306. The first-order valence-electron chi connectivity index (χ1n) is 20.0. The van der Waals surface area contributed by atoms with Crippen LogP contribution in [0, 0.1) is 6.92 Å². The van der Waals surface area contributed by atoms with Crippen molar-refractivity contribution in [2.45, 2.75) is 104 Å². The van der Waals surface area contributed by atoms with E-state index in [1.165, 1.54) is 31.3 Å². The van der Waals surface area contributed by atoms with Crippen molar-refractivity contribution < 1.29 is 4.42 Å². The SMILES string of the molecule is CC.CC.CC.CC.CC.CC.CC.Cc1nc(-c2cccc(-c3cccc4c3sc3ccccc34)c2)cc(-c2ccc3c(c2)oc2ccccc23)n1. The number of para-hydroxylation sites is 1. The number of furan rings is 1. The number of benzene rings is 5. The molecule has 3 heterocycles. The van der Waals surface area contributed by atoms with E-state index in [1.807, 2.05) is 133 Å². The van der Waals surface area contributed by atoms with Gasteiger partial charge in [-0.2, -0.15) is 0 Å². The van der Waals surface area contributed by atoms with Gasteiger partial charge in [-0.25, -0.2) is 9.97 Å². The molecule has 5 aromatic carbocycles. The molecule has 0 bridgehead atoms. The standard InChI is InChI=1S/C35H22N2OS.7C2H6/c1-21-36-30(20-31(37-21)24-16-17-27-26-10-2-4-14-32(26)38-33(27)19-24)23-9-6-8-22(18-23)25-12-7-13-29-28-11-3-5-15-34(28)39-35(25)29;7*1-2/h2-20H,1H3;7*1-2H3. The van der Waals surface area contributed by atoms with E-state index < -0.39 is 0 Å². The molecule has 3 nitrogen and oxygen atoms in total. The average Bonchev–Trinajstić information content (AvgIpc) is 3.84. The van der Waals surface area contributed by atoms with Gasteiger partial charge in [0.25, 0.3) is 0 Å². The molecule has 0 radical (unpaired) electrons. The van der Waals surface area contributed by atoms with Crippen LogP contribution in [0.4, 0.5) is 0 Å². The van der Waals surface area contributed by atoms with E-state index in [2.05, 4.69) is 97.1 Å². The van der Waals surface area contributed by atoms with Crippen LogP contribution in [-0.2, 0) is 0 Å². The molecule has 0 saturated carbocycles. The summed E-state index contributed by atoms with van der Waals surface area (Å²) in [5.74, 6) is 0.740. The third-order valence-electron chi connectivity index (χ3n) is 7.39. The maximum absolute atomic E-state index is 6.14. The van der Waals surface area contributed by atoms with Crippen molar-refractivity contribution in [1.82, 2.24) is 9.97 Å². The summed E-state index contributed by atoms with van der Waals surface area (Å²) in [6, 6.07) is 40.5. The third kappa shape index (κ3) is 10.9. The first-order chi connectivity index (χ1) is 26.2. The summed E-state index contributed by atoms with van der Waals surface area (Å²) in [7, 11) is 0. The van der Waals surface area contributed by atoms with Crippen LogP contribution in [0.1, 0.15) is 103 Å². The molecule has 0 atom stereocenters. The minimum absolute atomic E-state index is 0.740. The maximum atomic E-state index is 6.14. The van der Waals surface area contributed by atoms with Gasteiger partial charge in [0, 0.05) is 42.1 Å². The van der Waals surface area contributed by atoms with Crippen LogP contribution >= 0.6 is 11.3 Å². The number of rotatable bonds is 3. The average molecular weight is 729 g/mol. The number of hydrogen-bond donors (Lipinski definition) is 0. The van der Waals surface area contributed by atoms with Crippen LogP contribution in [0.25, 0.3) is 75.8 Å². The second-order valence-corrected chi connectivity index (χ2v) is 10.9. The summed E-state index contributed by atoms with van der Waals surface area (Å²) < 4.78 is 8.77. The zero-order valence-electron chi connectivity index (χ0n) is 35.2. The number of nitrogens with zero attached hydrogens (tertiary/aromatic N) is 2. The zero-order valence-corrected chi connectivity index (χ0v) is 36.0. The monoisotopic (exact) mass is 728 g/mol. The molecule has 0 aliphatic carbocycles. The fourth-order valence-corrected chi connectivity index (χ4v) is 6.81. The Balaban J connectivity index is 0.000000907. The Morgan fingerprint density at radius 3 is 1.58 bits per heavy atom. The highest BCUT2D eigenvalue weighted by molar-refractivity contribution is 7.26. The molecular weight excluding hydrogens is 665 g/mol. The van der Waals surface area contributed by atoms with Crippen molar-refractivity contribution in [1.29, 1.82) is 0 Å². The molecule has 0 amide bonds. The van der Waals surface area contributed by atoms with Crippen LogP contribution in [0.3, 0.4) is 0 Å². The Labute approximate surface area is 325 Å². The summed E-state index contributed by atoms with van der Waals surface area (Å²) in [4.78, 5) is 9.61. The lowest BCUT2D eigenvalue weighted by Gasteiger charge is -2.09. The van der Waals surface area contributed by atoms with Crippen molar-refractivity contribution in [3.8, 4) is 33.6 Å². The summed E-state index contributed by atoms with van der Waals surface area (Å²) in [6.07, 6.45) is 0. The van der Waals surface area contributed by atoms with Gasteiger partial charge in [-0.05, 0) is 54.4 Å². The molecule has 0 aliphatic heterocycles. The fourth-order valence-electron chi connectivity index (χ4n) is 5.57.